The van der Waals surface area contributed by atoms with Crippen LogP contribution in [0.15, 0.2) is 40.9 Å². The fourth-order valence-electron chi connectivity index (χ4n) is 4.26. The van der Waals surface area contributed by atoms with Crippen LogP contribution in [0.3, 0.4) is 0 Å². The fraction of sp³-hybridized carbons (Fsp3) is 0.484. The summed E-state index contributed by atoms with van der Waals surface area (Å²) >= 11 is 0. The summed E-state index contributed by atoms with van der Waals surface area (Å²) in [5.74, 6) is -1.73. The van der Waals surface area contributed by atoms with Crippen molar-refractivity contribution in [1.29, 1.82) is 0 Å². The van der Waals surface area contributed by atoms with E-state index in [0.717, 1.165) is 18.4 Å². The van der Waals surface area contributed by atoms with Gasteiger partial charge in [0.1, 0.15) is 18.2 Å². The Balaban J connectivity index is 1.69. The number of nitrogens with zero attached hydrogens (tertiary/aromatic N) is 2. The monoisotopic (exact) mass is 594 g/mol. The van der Waals surface area contributed by atoms with E-state index in [1.165, 1.54) is 6.20 Å². The number of aromatic nitrogens is 3. The van der Waals surface area contributed by atoms with E-state index in [0.29, 0.717) is 17.7 Å². The Morgan fingerprint density at radius 3 is 2.35 bits per heavy atom. The van der Waals surface area contributed by atoms with Crippen LogP contribution in [0.1, 0.15) is 88.8 Å². The predicted octanol–water partition coefficient (Wildman–Crippen LogP) is 4.25. The van der Waals surface area contributed by atoms with Gasteiger partial charge >= 0.3 is 5.97 Å². The molecule has 0 aliphatic rings. The van der Waals surface area contributed by atoms with E-state index in [-0.39, 0.29) is 41.8 Å². The summed E-state index contributed by atoms with van der Waals surface area (Å²) < 4.78 is 11.0. The van der Waals surface area contributed by atoms with Crippen molar-refractivity contribution < 1.29 is 28.3 Å². The molecule has 3 aromatic rings. The highest BCUT2D eigenvalue weighted by molar-refractivity contribution is 5.96. The van der Waals surface area contributed by atoms with Crippen LogP contribution in [-0.4, -0.2) is 63.1 Å². The molecular formula is C31H42N6O6. The zero-order chi connectivity index (χ0) is 31.7. The van der Waals surface area contributed by atoms with Crippen LogP contribution in [0.2, 0.25) is 0 Å². The van der Waals surface area contributed by atoms with Crippen LogP contribution >= 0.6 is 0 Å². The molecule has 1 aromatic carbocycles. The lowest BCUT2D eigenvalue weighted by Gasteiger charge is -2.21. The van der Waals surface area contributed by atoms with Crippen molar-refractivity contribution in [3.63, 3.8) is 0 Å². The minimum Gasteiger partial charge on any atom is -0.459 e. The third-order valence-corrected chi connectivity index (χ3v) is 6.44. The van der Waals surface area contributed by atoms with E-state index < -0.39 is 29.4 Å². The van der Waals surface area contributed by atoms with Gasteiger partial charge in [0.15, 0.2) is 5.69 Å². The maximum atomic E-state index is 13.0. The third kappa shape index (κ3) is 9.79. The van der Waals surface area contributed by atoms with Crippen molar-refractivity contribution in [2.45, 2.75) is 85.4 Å². The van der Waals surface area contributed by atoms with Crippen molar-refractivity contribution in [2.75, 3.05) is 6.54 Å². The molecule has 12 heteroatoms. The van der Waals surface area contributed by atoms with Crippen LogP contribution in [0, 0.1) is 5.92 Å². The van der Waals surface area contributed by atoms with Crippen LogP contribution in [-0.2, 0) is 14.3 Å². The molecule has 232 valence electrons. The average molecular weight is 595 g/mol. The Morgan fingerprint density at radius 1 is 1.00 bits per heavy atom. The van der Waals surface area contributed by atoms with Gasteiger partial charge in [0, 0.05) is 17.2 Å². The minimum absolute atomic E-state index is 0.0731. The third-order valence-electron chi connectivity index (χ3n) is 6.44. The average Bonchev–Trinajstić information content (AvgIpc) is 3.64. The molecule has 4 N–H and O–H groups in total. The number of carbonyl (C=O) groups is 4. The molecule has 0 aliphatic heterocycles. The molecule has 1 atom stereocenters. The lowest BCUT2D eigenvalue weighted by atomic mass is 10.0. The molecular weight excluding hydrogens is 552 g/mol. The standard InChI is InChI=1S/C31H42N6O6/c1-8-21(9-2)34-28(40)24-15-22(36-37-24)19-11-10-12-20(14-19)30-33-16-25(42-30)29(41)35-23(13-18(3)4)27(39)32-17-26(38)43-31(5,6)7/h10-12,14-16,18,21,23H,8-9,13,17H2,1-7H3,(H,32,39)(H,34,40)(H,35,41)(H,36,37)/t23-/m0/s1. The fourth-order valence-corrected chi connectivity index (χ4v) is 4.26. The summed E-state index contributed by atoms with van der Waals surface area (Å²) in [6.07, 6.45) is 3.30. The zero-order valence-corrected chi connectivity index (χ0v) is 25.9. The van der Waals surface area contributed by atoms with Crippen molar-refractivity contribution in [3.05, 3.63) is 48.0 Å². The van der Waals surface area contributed by atoms with Gasteiger partial charge in [-0.15, -0.1) is 0 Å². The van der Waals surface area contributed by atoms with Crippen molar-refractivity contribution >= 4 is 23.7 Å². The molecule has 12 nitrogen and oxygen atoms in total. The lowest BCUT2D eigenvalue weighted by molar-refractivity contribution is -0.154. The van der Waals surface area contributed by atoms with Gasteiger partial charge in [0.2, 0.25) is 17.6 Å². The first-order valence-electron chi connectivity index (χ1n) is 14.5. The number of H-pyrrole nitrogens is 1. The quantitative estimate of drug-likeness (QED) is 0.213. The number of amides is 3. The summed E-state index contributed by atoms with van der Waals surface area (Å²) in [7, 11) is 0. The maximum absolute atomic E-state index is 13.0. The summed E-state index contributed by atoms with van der Waals surface area (Å²) in [6.45, 7) is 12.8. The van der Waals surface area contributed by atoms with Gasteiger partial charge in [-0.25, -0.2) is 4.98 Å². The van der Waals surface area contributed by atoms with E-state index in [1.807, 2.05) is 33.8 Å². The van der Waals surface area contributed by atoms with Crippen LogP contribution in [0.5, 0.6) is 0 Å². The van der Waals surface area contributed by atoms with Gasteiger partial charge in [-0.05, 0) is 64.2 Å². The normalized spacial score (nSPS) is 12.2. The number of nitrogens with one attached hydrogen (secondary N) is 4. The van der Waals surface area contributed by atoms with E-state index >= 15 is 0 Å². The Kier molecular flexibility index (Phi) is 11.2. The second kappa shape index (κ2) is 14.6. The largest absolute Gasteiger partial charge is 0.459 e. The van der Waals surface area contributed by atoms with Gasteiger partial charge in [0.25, 0.3) is 11.8 Å². The van der Waals surface area contributed by atoms with Crippen molar-refractivity contribution in [2.24, 2.45) is 5.92 Å². The molecule has 0 spiro atoms. The number of hydrogen-bond acceptors (Lipinski definition) is 8. The highest BCUT2D eigenvalue weighted by Crippen LogP contribution is 2.26. The number of aromatic amines is 1. The molecule has 0 bridgehead atoms. The number of esters is 1. The van der Waals surface area contributed by atoms with Crippen molar-refractivity contribution in [3.8, 4) is 22.7 Å². The number of carbonyl (C=O) groups excluding carboxylic acids is 4. The molecule has 0 aliphatic carbocycles. The topological polar surface area (TPSA) is 168 Å². The first kappa shape index (κ1) is 33.0. The second-order valence-electron chi connectivity index (χ2n) is 11.7. The minimum atomic E-state index is -0.900. The summed E-state index contributed by atoms with van der Waals surface area (Å²) in [5.41, 5.74) is 1.59. The number of benzene rings is 1. The van der Waals surface area contributed by atoms with Crippen LogP contribution in [0.25, 0.3) is 22.7 Å². The van der Waals surface area contributed by atoms with E-state index in [4.69, 9.17) is 9.15 Å². The van der Waals surface area contributed by atoms with Gasteiger partial charge in [-0.1, -0.05) is 39.8 Å². The van der Waals surface area contributed by atoms with Crippen LogP contribution < -0.4 is 16.0 Å². The molecule has 2 aromatic heterocycles. The van der Waals surface area contributed by atoms with Gasteiger partial charge in [0.05, 0.1) is 11.9 Å². The van der Waals surface area contributed by atoms with Crippen molar-refractivity contribution in [1.82, 2.24) is 31.1 Å². The number of hydrogen-bond donors (Lipinski definition) is 4. The molecule has 3 amide bonds. The highest BCUT2D eigenvalue weighted by Gasteiger charge is 2.26. The Bertz CT molecular complexity index is 1420. The summed E-state index contributed by atoms with van der Waals surface area (Å²) in [5, 5.41) is 15.2. The molecule has 3 rings (SSSR count). The van der Waals surface area contributed by atoms with E-state index in [2.05, 4.69) is 31.1 Å². The first-order valence-corrected chi connectivity index (χ1v) is 14.5. The van der Waals surface area contributed by atoms with E-state index in [1.54, 1.807) is 45.0 Å². The van der Waals surface area contributed by atoms with Crippen LogP contribution in [0.4, 0.5) is 0 Å². The summed E-state index contributed by atoms with van der Waals surface area (Å²) in [6, 6.07) is 8.08. The summed E-state index contributed by atoms with van der Waals surface area (Å²) in [4.78, 5) is 54.7. The highest BCUT2D eigenvalue weighted by atomic mass is 16.6. The smallest absolute Gasteiger partial charge is 0.325 e. The lowest BCUT2D eigenvalue weighted by Crippen LogP contribution is -2.48. The number of ether oxygens (including phenoxy) is 1. The Labute approximate surface area is 251 Å². The second-order valence-corrected chi connectivity index (χ2v) is 11.7. The maximum Gasteiger partial charge on any atom is 0.325 e. The first-order chi connectivity index (χ1) is 20.3. The molecule has 0 unspecified atom stereocenters. The molecule has 0 saturated heterocycles. The van der Waals surface area contributed by atoms with Gasteiger partial charge in [-0.3, -0.25) is 24.3 Å². The van der Waals surface area contributed by atoms with Gasteiger partial charge < -0.3 is 25.1 Å². The Hall–Kier alpha value is -4.48. The SMILES string of the molecule is CCC(CC)NC(=O)c1cc(-c2cccc(-c3ncc(C(=O)N[C@@H](CC(C)C)C(=O)NCC(=O)OC(C)(C)C)o3)c2)[nH]n1. The Morgan fingerprint density at radius 2 is 1.70 bits per heavy atom. The zero-order valence-electron chi connectivity index (χ0n) is 25.9. The molecule has 0 saturated carbocycles. The molecule has 0 radical (unpaired) electrons. The number of oxazole rings is 1. The molecule has 43 heavy (non-hydrogen) atoms. The molecule has 0 fully saturated rings. The van der Waals surface area contributed by atoms with E-state index in [9.17, 15) is 19.2 Å². The number of rotatable bonds is 13. The molecule has 2 heterocycles. The van der Waals surface area contributed by atoms with Gasteiger partial charge in [-0.2, -0.15) is 5.10 Å². The predicted molar refractivity (Wildman–Crippen MR) is 161 cm³/mol.